The highest BCUT2D eigenvalue weighted by molar-refractivity contribution is 5.84. The van der Waals surface area contributed by atoms with Crippen molar-refractivity contribution in [1.82, 2.24) is 5.32 Å². The largest absolute Gasteiger partial charge is 0.368 e. The first-order valence-corrected chi connectivity index (χ1v) is 4.62. The molecule has 0 aromatic heterocycles. The van der Waals surface area contributed by atoms with E-state index < -0.39 is 5.54 Å². The maximum absolute atomic E-state index is 11.0. The van der Waals surface area contributed by atoms with Gasteiger partial charge in [-0.25, -0.2) is 0 Å². The number of primary amides is 1. The van der Waals surface area contributed by atoms with Crippen molar-refractivity contribution in [2.75, 3.05) is 13.1 Å². The Morgan fingerprint density at radius 3 is 2.79 bits per heavy atom. The first-order valence-electron chi connectivity index (χ1n) is 4.62. The summed E-state index contributed by atoms with van der Waals surface area (Å²) in [5.41, 5.74) is 12.6. The molecule has 14 heavy (non-hydrogen) atoms. The van der Waals surface area contributed by atoms with Crippen molar-refractivity contribution in [3.63, 3.8) is 0 Å². The molecule has 0 aliphatic carbocycles. The van der Waals surface area contributed by atoms with Crippen molar-refractivity contribution in [3.05, 3.63) is 10.4 Å². The highest BCUT2D eigenvalue weighted by Crippen LogP contribution is 2.07. The smallest absolute Gasteiger partial charge is 0.237 e. The monoisotopic (exact) mass is 199 g/mol. The Kier molecular flexibility index (Phi) is 5.67. The summed E-state index contributed by atoms with van der Waals surface area (Å²) in [6.07, 6.45) is 1.34. The van der Waals surface area contributed by atoms with Crippen molar-refractivity contribution in [3.8, 4) is 0 Å². The zero-order valence-corrected chi connectivity index (χ0v) is 8.66. The molecule has 0 aromatic carbocycles. The SMILES string of the molecule is CCC(C)(NCCCN=[N+]=[N-])C(N)=O. The van der Waals surface area contributed by atoms with Crippen LogP contribution < -0.4 is 11.1 Å². The molecule has 0 fully saturated rings. The summed E-state index contributed by atoms with van der Waals surface area (Å²) in [5, 5.41) is 6.43. The number of amides is 1. The molecule has 0 spiro atoms. The van der Waals surface area contributed by atoms with Gasteiger partial charge in [0, 0.05) is 11.5 Å². The molecule has 1 atom stereocenters. The van der Waals surface area contributed by atoms with Crippen LogP contribution in [0, 0.1) is 0 Å². The Hall–Kier alpha value is -1.26. The van der Waals surface area contributed by atoms with Crippen LogP contribution in [0.25, 0.3) is 10.4 Å². The Balaban J connectivity index is 3.84. The van der Waals surface area contributed by atoms with Crippen molar-refractivity contribution in [1.29, 1.82) is 0 Å². The fraction of sp³-hybridized carbons (Fsp3) is 0.875. The maximum Gasteiger partial charge on any atom is 0.237 e. The number of nitrogens with two attached hydrogens (primary N) is 1. The van der Waals surface area contributed by atoms with Gasteiger partial charge in [-0.2, -0.15) is 0 Å². The molecule has 0 aromatic rings. The van der Waals surface area contributed by atoms with E-state index in [1.54, 1.807) is 6.92 Å². The summed E-state index contributed by atoms with van der Waals surface area (Å²) in [6.45, 7) is 4.71. The molecule has 6 nitrogen and oxygen atoms in total. The number of hydrogen-bond donors (Lipinski definition) is 2. The molecule has 0 saturated heterocycles. The molecule has 0 aliphatic heterocycles. The predicted molar refractivity (Wildman–Crippen MR) is 54.5 cm³/mol. The van der Waals surface area contributed by atoms with Crippen LogP contribution in [0.4, 0.5) is 0 Å². The van der Waals surface area contributed by atoms with E-state index in [0.717, 1.165) is 0 Å². The lowest BCUT2D eigenvalue weighted by atomic mass is 9.98. The summed E-state index contributed by atoms with van der Waals surface area (Å²) in [4.78, 5) is 13.7. The average Bonchev–Trinajstić information content (AvgIpc) is 2.17. The second-order valence-electron chi connectivity index (χ2n) is 3.28. The molecule has 1 amide bonds. The van der Waals surface area contributed by atoms with Crippen LogP contribution in [0.5, 0.6) is 0 Å². The van der Waals surface area contributed by atoms with E-state index in [0.29, 0.717) is 25.9 Å². The third-order valence-corrected chi connectivity index (χ3v) is 2.26. The van der Waals surface area contributed by atoms with Crippen molar-refractivity contribution >= 4 is 5.91 Å². The zero-order valence-electron chi connectivity index (χ0n) is 8.66. The van der Waals surface area contributed by atoms with Gasteiger partial charge in [-0.15, -0.1) is 0 Å². The third kappa shape index (κ3) is 4.11. The minimum absolute atomic E-state index is 0.358. The molecule has 0 saturated carbocycles. The Morgan fingerprint density at radius 1 is 1.71 bits per heavy atom. The lowest BCUT2D eigenvalue weighted by Crippen LogP contribution is -2.52. The zero-order chi connectivity index (χ0) is 11.0. The lowest BCUT2D eigenvalue weighted by Gasteiger charge is -2.25. The van der Waals surface area contributed by atoms with E-state index in [9.17, 15) is 4.79 Å². The van der Waals surface area contributed by atoms with E-state index in [-0.39, 0.29) is 5.91 Å². The highest BCUT2D eigenvalue weighted by atomic mass is 16.1. The molecular weight excluding hydrogens is 182 g/mol. The first kappa shape index (κ1) is 12.7. The van der Waals surface area contributed by atoms with E-state index in [1.807, 2.05) is 6.92 Å². The molecular formula is C8H17N5O. The highest BCUT2D eigenvalue weighted by Gasteiger charge is 2.27. The second-order valence-corrected chi connectivity index (χ2v) is 3.28. The fourth-order valence-electron chi connectivity index (χ4n) is 0.945. The molecule has 6 heteroatoms. The average molecular weight is 199 g/mol. The summed E-state index contributed by atoms with van der Waals surface area (Å²) in [7, 11) is 0. The van der Waals surface area contributed by atoms with Gasteiger partial charge in [0.2, 0.25) is 5.91 Å². The number of carbonyl (C=O) groups excluding carboxylic acids is 1. The van der Waals surface area contributed by atoms with Crippen molar-refractivity contribution < 1.29 is 4.79 Å². The van der Waals surface area contributed by atoms with Gasteiger partial charge in [0.15, 0.2) is 0 Å². The number of hydrogen-bond acceptors (Lipinski definition) is 3. The number of nitrogens with zero attached hydrogens (tertiary/aromatic N) is 3. The standard InChI is InChI=1S/C8H17N5O/c1-3-8(2,7(9)14)11-5-4-6-12-13-10/h11H,3-6H2,1-2H3,(H2,9,14). The van der Waals surface area contributed by atoms with Gasteiger partial charge in [0.1, 0.15) is 0 Å². The Labute approximate surface area is 83.5 Å². The normalized spacial score (nSPS) is 14.1. The maximum atomic E-state index is 11.0. The molecule has 0 radical (unpaired) electrons. The van der Waals surface area contributed by atoms with Crippen LogP contribution in [0.2, 0.25) is 0 Å². The van der Waals surface area contributed by atoms with Gasteiger partial charge in [-0.05, 0) is 31.8 Å². The minimum atomic E-state index is -0.656. The van der Waals surface area contributed by atoms with E-state index >= 15 is 0 Å². The lowest BCUT2D eigenvalue weighted by molar-refractivity contribution is -0.123. The fourth-order valence-corrected chi connectivity index (χ4v) is 0.945. The van der Waals surface area contributed by atoms with Crippen molar-refractivity contribution in [2.45, 2.75) is 32.2 Å². The summed E-state index contributed by atoms with van der Waals surface area (Å²) in [6, 6.07) is 0. The number of nitrogens with one attached hydrogen (secondary N) is 1. The Morgan fingerprint density at radius 2 is 2.36 bits per heavy atom. The molecule has 80 valence electrons. The van der Waals surface area contributed by atoms with Gasteiger partial charge in [0.25, 0.3) is 0 Å². The van der Waals surface area contributed by atoms with Crippen molar-refractivity contribution in [2.24, 2.45) is 10.8 Å². The summed E-state index contributed by atoms with van der Waals surface area (Å²) in [5.74, 6) is -0.358. The van der Waals surface area contributed by atoms with Crippen LogP contribution in [0.1, 0.15) is 26.7 Å². The molecule has 1 unspecified atom stereocenters. The number of azide groups is 1. The predicted octanol–water partition coefficient (Wildman–Crippen LogP) is 0.930. The molecule has 0 heterocycles. The van der Waals surface area contributed by atoms with Gasteiger partial charge in [-0.1, -0.05) is 12.0 Å². The van der Waals surface area contributed by atoms with Crippen LogP contribution >= 0.6 is 0 Å². The first-order chi connectivity index (χ1) is 6.56. The topological polar surface area (TPSA) is 104 Å². The molecule has 3 N–H and O–H groups in total. The van der Waals surface area contributed by atoms with Gasteiger partial charge >= 0.3 is 0 Å². The van der Waals surface area contributed by atoms with E-state index in [2.05, 4.69) is 15.3 Å². The Bertz CT molecular complexity index is 236. The number of carbonyl (C=O) groups is 1. The quantitative estimate of drug-likeness (QED) is 0.275. The van der Waals surface area contributed by atoms with Crippen LogP contribution in [0.15, 0.2) is 5.11 Å². The van der Waals surface area contributed by atoms with Crippen LogP contribution in [-0.2, 0) is 4.79 Å². The minimum Gasteiger partial charge on any atom is -0.368 e. The second kappa shape index (κ2) is 6.23. The van der Waals surface area contributed by atoms with Gasteiger partial charge in [-0.3, -0.25) is 4.79 Å². The van der Waals surface area contributed by atoms with Crippen LogP contribution in [0.3, 0.4) is 0 Å². The third-order valence-electron chi connectivity index (χ3n) is 2.26. The summed E-state index contributed by atoms with van der Waals surface area (Å²) >= 11 is 0. The summed E-state index contributed by atoms with van der Waals surface area (Å²) < 4.78 is 0. The van der Waals surface area contributed by atoms with E-state index in [4.69, 9.17) is 11.3 Å². The number of rotatable bonds is 7. The van der Waals surface area contributed by atoms with Gasteiger partial charge < -0.3 is 11.1 Å². The van der Waals surface area contributed by atoms with Gasteiger partial charge in [0.05, 0.1) is 5.54 Å². The molecule has 0 bridgehead atoms. The molecule has 0 rings (SSSR count). The van der Waals surface area contributed by atoms with E-state index in [1.165, 1.54) is 0 Å². The molecule has 0 aliphatic rings. The van der Waals surface area contributed by atoms with Crippen LogP contribution in [-0.4, -0.2) is 24.5 Å².